The fourth-order valence-electron chi connectivity index (χ4n) is 2.81. The molecule has 1 aliphatic rings. The van der Waals surface area contributed by atoms with Gasteiger partial charge in [-0.2, -0.15) is 0 Å². The van der Waals surface area contributed by atoms with E-state index in [2.05, 4.69) is 52.0 Å². The second kappa shape index (κ2) is 3.89. The minimum atomic E-state index is 0.207. The SMILES string of the molecule is CCOCC1(C)Cc2ccccc2C1(C)C. The van der Waals surface area contributed by atoms with Gasteiger partial charge in [-0.05, 0) is 29.9 Å². The minimum absolute atomic E-state index is 0.207. The van der Waals surface area contributed by atoms with E-state index in [0.717, 1.165) is 19.6 Å². The molecule has 0 aromatic heterocycles. The van der Waals surface area contributed by atoms with Crippen molar-refractivity contribution < 1.29 is 4.74 Å². The molecule has 0 amide bonds. The molecule has 0 aliphatic heterocycles. The van der Waals surface area contributed by atoms with Crippen LogP contribution >= 0.6 is 0 Å². The summed E-state index contributed by atoms with van der Waals surface area (Å²) < 4.78 is 5.69. The fourth-order valence-corrected chi connectivity index (χ4v) is 2.81. The molecule has 1 aliphatic carbocycles. The Balaban J connectivity index is 2.35. The molecule has 0 saturated heterocycles. The van der Waals surface area contributed by atoms with Crippen LogP contribution in [0.3, 0.4) is 0 Å². The zero-order chi connectivity index (χ0) is 11.8. The van der Waals surface area contributed by atoms with Crippen LogP contribution in [0.25, 0.3) is 0 Å². The van der Waals surface area contributed by atoms with Gasteiger partial charge < -0.3 is 4.74 Å². The van der Waals surface area contributed by atoms with Crippen LogP contribution in [0.2, 0.25) is 0 Å². The molecule has 0 heterocycles. The first-order valence-corrected chi connectivity index (χ1v) is 6.17. The standard InChI is InChI=1S/C15H22O/c1-5-16-11-15(4)10-12-8-6-7-9-13(12)14(15,2)3/h6-9H,5,10-11H2,1-4H3. The van der Waals surface area contributed by atoms with Crippen molar-refractivity contribution in [2.24, 2.45) is 5.41 Å². The summed E-state index contributed by atoms with van der Waals surface area (Å²) in [5, 5.41) is 0. The van der Waals surface area contributed by atoms with Gasteiger partial charge in [-0.1, -0.05) is 45.0 Å². The maximum absolute atomic E-state index is 5.69. The third-order valence-electron chi connectivity index (χ3n) is 4.40. The minimum Gasteiger partial charge on any atom is -0.381 e. The Morgan fingerprint density at radius 1 is 1.19 bits per heavy atom. The molecule has 0 fully saturated rings. The lowest BCUT2D eigenvalue weighted by Gasteiger charge is -2.38. The monoisotopic (exact) mass is 218 g/mol. The number of hydrogen-bond donors (Lipinski definition) is 0. The Labute approximate surface area is 98.8 Å². The van der Waals surface area contributed by atoms with Crippen molar-refractivity contribution in [3.8, 4) is 0 Å². The molecule has 0 N–H and O–H groups in total. The van der Waals surface area contributed by atoms with Crippen LogP contribution in [0.4, 0.5) is 0 Å². The third kappa shape index (κ3) is 1.58. The summed E-state index contributed by atoms with van der Waals surface area (Å²) in [7, 11) is 0. The van der Waals surface area contributed by atoms with E-state index >= 15 is 0 Å². The zero-order valence-corrected chi connectivity index (χ0v) is 10.8. The Morgan fingerprint density at radius 2 is 1.88 bits per heavy atom. The van der Waals surface area contributed by atoms with E-state index in [9.17, 15) is 0 Å². The van der Waals surface area contributed by atoms with Crippen molar-refractivity contribution in [1.29, 1.82) is 0 Å². The van der Waals surface area contributed by atoms with Crippen molar-refractivity contribution in [2.75, 3.05) is 13.2 Å². The first-order chi connectivity index (χ1) is 7.51. The highest BCUT2D eigenvalue weighted by atomic mass is 16.5. The summed E-state index contributed by atoms with van der Waals surface area (Å²) in [6.07, 6.45) is 1.14. The van der Waals surface area contributed by atoms with Gasteiger partial charge in [0.2, 0.25) is 0 Å². The summed E-state index contributed by atoms with van der Waals surface area (Å²) in [5.41, 5.74) is 3.43. The van der Waals surface area contributed by atoms with Crippen molar-refractivity contribution >= 4 is 0 Å². The smallest absolute Gasteiger partial charge is 0.0531 e. The average Bonchev–Trinajstić information content (AvgIpc) is 2.45. The van der Waals surface area contributed by atoms with Crippen molar-refractivity contribution in [3.63, 3.8) is 0 Å². The molecule has 1 nitrogen and oxygen atoms in total. The summed E-state index contributed by atoms with van der Waals surface area (Å²) in [5.74, 6) is 0. The van der Waals surface area contributed by atoms with Gasteiger partial charge >= 0.3 is 0 Å². The van der Waals surface area contributed by atoms with Crippen molar-refractivity contribution in [3.05, 3.63) is 35.4 Å². The van der Waals surface area contributed by atoms with Crippen LogP contribution in [0, 0.1) is 5.41 Å². The lowest BCUT2D eigenvalue weighted by molar-refractivity contribution is 0.0271. The van der Waals surface area contributed by atoms with Gasteiger partial charge in [0.05, 0.1) is 6.61 Å². The highest BCUT2D eigenvalue weighted by Crippen LogP contribution is 2.51. The lowest BCUT2D eigenvalue weighted by Crippen LogP contribution is -2.39. The normalized spacial score (nSPS) is 26.8. The van der Waals surface area contributed by atoms with Crippen LogP contribution in [-0.4, -0.2) is 13.2 Å². The molecule has 16 heavy (non-hydrogen) atoms. The quantitative estimate of drug-likeness (QED) is 0.753. The fraction of sp³-hybridized carbons (Fsp3) is 0.600. The topological polar surface area (TPSA) is 9.23 Å². The largest absolute Gasteiger partial charge is 0.381 e. The second-order valence-corrected chi connectivity index (χ2v) is 5.66. The van der Waals surface area contributed by atoms with Gasteiger partial charge in [-0.15, -0.1) is 0 Å². The Bertz CT molecular complexity index is 381. The zero-order valence-electron chi connectivity index (χ0n) is 10.8. The summed E-state index contributed by atoms with van der Waals surface area (Å²) in [6, 6.07) is 8.81. The van der Waals surface area contributed by atoms with Gasteiger partial charge in [-0.25, -0.2) is 0 Å². The predicted molar refractivity (Wildman–Crippen MR) is 67.8 cm³/mol. The molecule has 1 aromatic carbocycles. The average molecular weight is 218 g/mol. The van der Waals surface area contributed by atoms with E-state index in [0.29, 0.717) is 0 Å². The van der Waals surface area contributed by atoms with Gasteiger partial charge in [0.1, 0.15) is 0 Å². The lowest BCUT2D eigenvalue weighted by atomic mass is 9.68. The Hall–Kier alpha value is -0.820. The molecule has 1 atom stereocenters. The second-order valence-electron chi connectivity index (χ2n) is 5.66. The number of rotatable bonds is 3. The molecule has 0 radical (unpaired) electrons. The molecular formula is C15H22O. The predicted octanol–water partition coefficient (Wildman–Crippen LogP) is 3.56. The number of ether oxygens (including phenoxy) is 1. The van der Waals surface area contributed by atoms with Crippen LogP contribution in [0.5, 0.6) is 0 Å². The van der Waals surface area contributed by atoms with Crippen molar-refractivity contribution in [1.82, 2.24) is 0 Å². The molecule has 2 rings (SSSR count). The summed E-state index contributed by atoms with van der Waals surface area (Å²) in [4.78, 5) is 0. The number of fused-ring (bicyclic) bond motifs is 1. The van der Waals surface area contributed by atoms with Crippen molar-refractivity contribution in [2.45, 2.75) is 39.5 Å². The van der Waals surface area contributed by atoms with Gasteiger partial charge in [0.15, 0.2) is 0 Å². The van der Waals surface area contributed by atoms with Crippen LogP contribution in [0.1, 0.15) is 38.8 Å². The first-order valence-electron chi connectivity index (χ1n) is 6.17. The number of hydrogen-bond acceptors (Lipinski definition) is 1. The van der Waals surface area contributed by atoms with E-state index in [1.165, 1.54) is 11.1 Å². The summed E-state index contributed by atoms with van der Waals surface area (Å²) in [6.45, 7) is 10.8. The van der Waals surface area contributed by atoms with Crippen LogP contribution in [-0.2, 0) is 16.6 Å². The maximum Gasteiger partial charge on any atom is 0.0531 e. The summed E-state index contributed by atoms with van der Waals surface area (Å²) >= 11 is 0. The van der Waals surface area contributed by atoms with Crippen LogP contribution in [0.15, 0.2) is 24.3 Å². The molecule has 1 unspecified atom stereocenters. The maximum atomic E-state index is 5.69. The third-order valence-corrected chi connectivity index (χ3v) is 4.40. The van der Waals surface area contributed by atoms with Crippen LogP contribution < -0.4 is 0 Å². The van der Waals surface area contributed by atoms with E-state index in [4.69, 9.17) is 4.74 Å². The highest BCUT2D eigenvalue weighted by Gasteiger charge is 2.48. The first kappa shape index (κ1) is 11.7. The molecule has 0 spiro atoms. The van der Waals surface area contributed by atoms with E-state index in [-0.39, 0.29) is 10.8 Å². The molecular weight excluding hydrogens is 196 g/mol. The van der Waals surface area contributed by atoms with E-state index in [1.807, 2.05) is 0 Å². The molecule has 1 aromatic rings. The van der Waals surface area contributed by atoms with E-state index in [1.54, 1.807) is 0 Å². The van der Waals surface area contributed by atoms with Gasteiger partial charge in [-0.3, -0.25) is 0 Å². The highest BCUT2D eigenvalue weighted by molar-refractivity contribution is 5.41. The van der Waals surface area contributed by atoms with Gasteiger partial charge in [0.25, 0.3) is 0 Å². The Kier molecular flexibility index (Phi) is 2.83. The molecule has 1 heteroatoms. The van der Waals surface area contributed by atoms with Gasteiger partial charge in [0, 0.05) is 12.0 Å². The molecule has 0 saturated carbocycles. The van der Waals surface area contributed by atoms with E-state index < -0.39 is 0 Å². The molecule has 88 valence electrons. The number of benzene rings is 1. The Morgan fingerprint density at radius 3 is 2.50 bits per heavy atom. The molecule has 0 bridgehead atoms.